The summed E-state index contributed by atoms with van der Waals surface area (Å²) in [6, 6.07) is 6.81. The molecule has 1 aromatic carbocycles. The van der Waals surface area contributed by atoms with Crippen molar-refractivity contribution in [2.24, 2.45) is 0 Å². The van der Waals surface area contributed by atoms with Crippen LogP contribution in [0.15, 0.2) is 30.5 Å². The Balaban J connectivity index is 1.59. The first-order valence-corrected chi connectivity index (χ1v) is 9.75. The highest BCUT2D eigenvalue weighted by atomic mass is 16.5. The van der Waals surface area contributed by atoms with Crippen molar-refractivity contribution >= 4 is 17.4 Å². The first-order valence-electron chi connectivity index (χ1n) is 9.75. The molecule has 0 spiro atoms. The molecule has 30 heavy (non-hydrogen) atoms. The van der Waals surface area contributed by atoms with Crippen LogP contribution >= 0.6 is 0 Å². The van der Waals surface area contributed by atoms with E-state index in [0.717, 1.165) is 17.0 Å². The van der Waals surface area contributed by atoms with Crippen molar-refractivity contribution in [1.82, 2.24) is 19.5 Å². The number of pyridine rings is 1. The molecule has 2 N–H and O–H groups in total. The third kappa shape index (κ3) is 3.41. The summed E-state index contributed by atoms with van der Waals surface area (Å²) in [4.78, 5) is 14.5. The Bertz CT molecular complexity index is 1090. The molecule has 1 atom stereocenters. The number of hydrogen-bond acceptors (Lipinski definition) is 6. The van der Waals surface area contributed by atoms with Crippen molar-refractivity contribution in [2.45, 2.75) is 32.4 Å². The summed E-state index contributed by atoms with van der Waals surface area (Å²) >= 11 is 0. The lowest BCUT2D eigenvalue weighted by atomic mass is 9.95. The molecule has 0 saturated heterocycles. The van der Waals surface area contributed by atoms with Gasteiger partial charge in [-0.2, -0.15) is 0 Å². The third-order valence-electron chi connectivity index (χ3n) is 5.27. The number of anilines is 1. The van der Waals surface area contributed by atoms with Crippen LogP contribution in [0.3, 0.4) is 0 Å². The first kappa shape index (κ1) is 20.0. The zero-order valence-electron chi connectivity index (χ0n) is 17.4. The fourth-order valence-corrected chi connectivity index (χ4v) is 3.81. The maximum absolute atomic E-state index is 13.0. The number of hydrogen-bond donors (Lipinski definition) is 2. The van der Waals surface area contributed by atoms with Gasteiger partial charge in [0.05, 0.1) is 33.0 Å². The number of benzene rings is 1. The maximum atomic E-state index is 13.0. The lowest BCUT2D eigenvalue weighted by Crippen LogP contribution is -2.41. The molecule has 1 unspecified atom stereocenters. The number of aromatic nitrogens is 3. The molecule has 3 heterocycles. The van der Waals surface area contributed by atoms with Gasteiger partial charge in [-0.3, -0.25) is 4.40 Å². The number of ether oxygens (including phenoxy) is 2. The van der Waals surface area contributed by atoms with Crippen LogP contribution in [0.2, 0.25) is 0 Å². The molecule has 0 radical (unpaired) electrons. The van der Waals surface area contributed by atoms with E-state index in [1.807, 2.05) is 24.3 Å². The minimum absolute atomic E-state index is 0.147. The van der Waals surface area contributed by atoms with Gasteiger partial charge in [0.15, 0.2) is 5.65 Å². The number of fused-ring (bicyclic) bond motifs is 2. The number of nitrogens with zero attached hydrogens (tertiary/aromatic N) is 4. The van der Waals surface area contributed by atoms with Gasteiger partial charge >= 0.3 is 6.03 Å². The van der Waals surface area contributed by atoms with Crippen molar-refractivity contribution in [3.05, 3.63) is 47.4 Å². The molecule has 4 rings (SSSR count). The van der Waals surface area contributed by atoms with Crippen LogP contribution in [0.5, 0.6) is 11.5 Å². The number of β-amino-alcohol motifs (C(OH)–C–C–N with tert-alkyl or cyclic N) is 1. The summed E-state index contributed by atoms with van der Waals surface area (Å²) in [6.45, 7) is 4.52. The lowest BCUT2D eigenvalue weighted by molar-refractivity contribution is 0.105. The Morgan fingerprint density at radius 2 is 1.90 bits per heavy atom. The molecule has 1 aliphatic rings. The SMILES string of the molecule is COc1ccc(OC)c2c1CN(C(=O)Nc1ccc3nnc(C(C)C)n3c1)CC2O. The highest BCUT2D eigenvalue weighted by molar-refractivity contribution is 5.89. The molecule has 3 aromatic rings. The highest BCUT2D eigenvalue weighted by Crippen LogP contribution is 2.39. The topological polar surface area (TPSA) is 101 Å². The zero-order chi connectivity index (χ0) is 21.4. The maximum Gasteiger partial charge on any atom is 0.322 e. The van der Waals surface area contributed by atoms with Gasteiger partial charge < -0.3 is 24.8 Å². The molecule has 0 bridgehead atoms. The number of carbonyl (C=O) groups is 1. The average molecular weight is 411 g/mol. The molecule has 158 valence electrons. The quantitative estimate of drug-likeness (QED) is 0.685. The fraction of sp³-hybridized carbons (Fsp3) is 0.381. The summed E-state index contributed by atoms with van der Waals surface area (Å²) < 4.78 is 12.7. The molecule has 9 heteroatoms. The smallest absolute Gasteiger partial charge is 0.322 e. The minimum Gasteiger partial charge on any atom is -0.496 e. The predicted octanol–water partition coefficient (Wildman–Crippen LogP) is 2.95. The number of aliphatic hydroxyl groups is 1. The van der Waals surface area contributed by atoms with E-state index in [1.54, 1.807) is 43.5 Å². The van der Waals surface area contributed by atoms with E-state index in [9.17, 15) is 9.90 Å². The highest BCUT2D eigenvalue weighted by Gasteiger charge is 2.32. The number of amides is 2. The van der Waals surface area contributed by atoms with Gasteiger partial charge in [-0.25, -0.2) is 4.79 Å². The van der Waals surface area contributed by atoms with Crippen LogP contribution in [-0.2, 0) is 6.54 Å². The van der Waals surface area contributed by atoms with Crippen molar-refractivity contribution < 1.29 is 19.4 Å². The van der Waals surface area contributed by atoms with Crippen LogP contribution in [0.1, 0.15) is 42.8 Å². The largest absolute Gasteiger partial charge is 0.496 e. The Hall–Kier alpha value is -3.33. The summed E-state index contributed by atoms with van der Waals surface area (Å²) in [5, 5.41) is 22.0. The van der Waals surface area contributed by atoms with Crippen LogP contribution < -0.4 is 14.8 Å². The van der Waals surface area contributed by atoms with E-state index < -0.39 is 6.10 Å². The average Bonchev–Trinajstić information content (AvgIpc) is 3.16. The summed E-state index contributed by atoms with van der Waals surface area (Å²) in [7, 11) is 3.12. The molecule has 2 amide bonds. The van der Waals surface area contributed by atoms with E-state index in [4.69, 9.17) is 9.47 Å². The Morgan fingerprint density at radius 3 is 2.60 bits per heavy atom. The van der Waals surface area contributed by atoms with Crippen molar-refractivity contribution in [1.29, 1.82) is 0 Å². The molecule has 0 saturated carbocycles. The van der Waals surface area contributed by atoms with Crippen LogP contribution in [-0.4, -0.2) is 51.4 Å². The zero-order valence-corrected chi connectivity index (χ0v) is 17.4. The molecule has 1 aliphatic heterocycles. The third-order valence-corrected chi connectivity index (χ3v) is 5.27. The molecule has 0 aliphatic carbocycles. The fourth-order valence-electron chi connectivity index (χ4n) is 3.81. The van der Waals surface area contributed by atoms with E-state index in [-0.39, 0.29) is 18.5 Å². The van der Waals surface area contributed by atoms with Gasteiger partial charge in [0.1, 0.15) is 23.4 Å². The summed E-state index contributed by atoms with van der Waals surface area (Å²) in [5.74, 6) is 2.20. The molecule has 0 fully saturated rings. The Labute approximate surface area is 174 Å². The van der Waals surface area contributed by atoms with Crippen LogP contribution in [0, 0.1) is 0 Å². The second-order valence-electron chi connectivity index (χ2n) is 7.55. The second kappa shape index (κ2) is 7.83. The molecular weight excluding hydrogens is 386 g/mol. The number of aliphatic hydroxyl groups excluding tert-OH is 1. The number of methoxy groups -OCH3 is 2. The molecular formula is C21H25N5O4. The van der Waals surface area contributed by atoms with E-state index in [1.165, 1.54) is 0 Å². The van der Waals surface area contributed by atoms with Gasteiger partial charge in [0, 0.05) is 23.2 Å². The standard InChI is InChI=1S/C21H25N5O4/c1-12(2)20-24-23-18-8-5-13(9-26(18)20)22-21(28)25-10-14-16(29-3)6-7-17(30-4)19(14)15(27)11-25/h5-9,12,15,27H,10-11H2,1-4H3,(H,22,28). The first-order chi connectivity index (χ1) is 14.4. The number of carbonyl (C=O) groups excluding carboxylic acids is 1. The Kier molecular flexibility index (Phi) is 5.21. The molecule has 2 aromatic heterocycles. The minimum atomic E-state index is -0.877. The lowest BCUT2D eigenvalue weighted by Gasteiger charge is -2.34. The van der Waals surface area contributed by atoms with Gasteiger partial charge in [-0.05, 0) is 24.3 Å². The van der Waals surface area contributed by atoms with E-state index in [0.29, 0.717) is 29.3 Å². The predicted molar refractivity (Wildman–Crippen MR) is 111 cm³/mol. The monoisotopic (exact) mass is 411 g/mol. The molecule has 9 nitrogen and oxygen atoms in total. The number of urea groups is 1. The van der Waals surface area contributed by atoms with Crippen molar-refractivity contribution in [3.8, 4) is 11.5 Å². The number of rotatable bonds is 4. The normalized spacial score (nSPS) is 15.9. The van der Waals surface area contributed by atoms with Gasteiger partial charge in [-0.15, -0.1) is 10.2 Å². The van der Waals surface area contributed by atoms with Crippen molar-refractivity contribution in [2.75, 3.05) is 26.1 Å². The second-order valence-corrected chi connectivity index (χ2v) is 7.55. The number of nitrogens with one attached hydrogen (secondary N) is 1. The van der Waals surface area contributed by atoms with E-state index >= 15 is 0 Å². The van der Waals surface area contributed by atoms with Crippen LogP contribution in [0.25, 0.3) is 5.65 Å². The Morgan fingerprint density at radius 1 is 1.17 bits per heavy atom. The van der Waals surface area contributed by atoms with Gasteiger partial charge in [-0.1, -0.05) is 13.8 Å². The van der Waals surface area contributed by atoms with Crippen LogP contribution in [0.4, 0.5) is 10.5 Å². The van der Waals surface area contributed by atoms with Gasteiger partial charge in [0.25, 0.3) is 0 Å². The van der Waals surface area contributed by atoms with Gasteiger partial charge in [0.2, 0.25) is 0 Å². The summed E-state index contributed by atoms with van der Waals surface area (Å²) in [6.07, 6.45) is 0.929. The summed E-state index contributed by atoms with van der Waals surface area (Å²) in [5.41, 5.74) is 2.73. The van der Waals surface area contributed by atoms with E-state index in [2.05, 4.69) is 15.5 Å². The van der Waals surface area contributed by atoms with Crippen molar-refractivity contribution in [3.63, 3.8) is 0 Å².